The van der Waals surface area contributed by atoms with Gasteiger partial charge in [-0.1, -0.05) is 11.3 Å². The number of nitrogens with zero attached hydrogens (tertiary/aromatic N) is 1. The Morgan fingerprint density at radius 1 is 1.27 bits per heavy atom. The molecule has 0 aromatic carbocycles. The lowest BCUT2D eigenvalue weighted by molar-refractivity contribution is -0.0492. The van der Waals surface area contributed by atoms with Crippen LogP contribution in [0.4, 0.5) is 4.53 Å². The molecule has 1 aromatic heterocycles. The van der Waals surface area contributed by atoms with E-state index in [9.17, 15) is 32.7 Å². The monoisotopic (exact) mass is 498 g/mol. The number of phosphoric ester groups is 1. The van der Waals surface area contributed by atoms with Crippen LogP contribution >= 0.6 is 23.5 Å². The fraction of sp³-hybridized carbons (Fsp3) is 0.455. The Labute approximate surface area is 167 Å². The molecule has 4 N–H and O–H groups in total. The van der Waals surface area contributed by atoms with E-state index in [1.807, 2.05) is 4.98 Å². The Balaban J connectivity index is 2.82. The van der Waals surface area contributed by atoms with Crippen molar-refractivity contribution in [3.63, 3.8) is 0 Å². The van der Waals surface area contributed by atoms with E-state index in [4.69, 9.17) is 14.5 Å². The largest absolute Gasteiger partial charge is 0.523 e. The van der Waals surface area contributed by atoms with Crippen molar-refractivity contribution in [3.8, 4) is 0 Å². The number of nitrogens with one attached hydrogen (secondary N) is 1. The molecule has 0 fully saturated rings. The molecule has 15 nitrogen and oxygen atoms in total. The Morgan fingerprint density at radius 3 is 2.37 bits per heavy atom. The highest BCUT2D eigenvalue weighted by Gasteiger charge is 2.45. The third-order valence-corrected chi connectivity index (χ3v) is 6.88. The molecule has 0 spiro atoms. The van der Waals surface area contributed by atoms with Gasteiger partial charge in [-0.3, -0.25) is 18.9 Å². The highest BCUT2D eigenvalue weighted by Crippen LogP contribution is 2.69. The van der Waals surface area contributed by atoms with E-state index in [-0.39, 0.29) is 5.56 Å². The summed E-state index contributed by atoms with van der Waals surface area (Å²) in [5, 5.41) is 0. The molecule has 1 heterocycles. The van der Waals surface area contributed by atoms with Crippen LogP contribution in [-0.4, -0.2) is 36.9 Å². The van der Waals surface area contributed by atoms with Gasteiger partial charge in [-0.2, -0.15) is 8.62 Å². The maximum Gasteiger partial charge on any atom is 0.523 e. The normalized spacial score (nSPS) is 18.2. The van der Waals surface area contributed by atoms with Gasteiger partial charge in [0.1, 0.15) is 0 Å². The summed E-state index contributed by atoms with van der Waals surface area (Å²) in [5.74, 6) is 0. The summed E-state index contributed by atoms with van der Waals surface area (Å²) in [5.41, 5.74) is -1.28. The molecule has 4 unspecified atom stereocenters. The number of aryl methyl sites for hydroxylation is 1. The zero-order valence-corrected chi connectivity index (χ0v) is 18.0. The fourth-order valence-electron chi connectivity index (χ4n) is 1.81. The quantitative estimate of drug-likeness (QED) is 0.236. The van der Waals surface area contributed by atoms with Crippen molar-refractivity contribution in [2.75, 3.05) is 6.61 Å². The van der Waals surface area contributed by atoms with Crippen molar-refractivity contribution < 1.29 is 55.5 Å². The first kappa shape index (κ1) is 26.8. The van der Waals surface area contributed by atoms with Gasteiger partial charge >= 0.3 is 29.2 Å². The SMILES string of the molecule is C=CC(OC(C)COP(=O)(O)OP(=O)(OF)OP(=O)(O)O)n1cc(C)c(=O)[nH]c1=O. The second-order valence-electron chi connectivity index (χ2n) is 5.49. The molecule has 0 aliphatic heterocycles. The van der Waals surface area contributed by atoms with Crippen molar-refractivity contribution in [1.82, 2.24) is 9.55 Å². The number of ether oxygens (including phenoxy) is 1. The van der Waals surface area contributed by atoms with E-state index in [0.29, 0.717) is 0 Å². The molecule has 0 saturated carbocycles. The van der Waals surface area contributed by atoms with Crippen molar-refractivity contribution in [3.05, 3.63) is 45.3 Å². The summed E-state index contributed by atoms with van der Waals surface area (Å²) in [6.45, 7) is 5.37. The van der Waals surface area contributed by atoms with Crippen molar-refractivity contribution in [2.45, 2.75) is 26.2 Å². The number of hydrogen-bond donors (Lipinski definition) is 4. The Morgan fingerprint density at radius 2 is 1.87 bits per heavy atom. The molecule has 0 bridgehead atoms. The van der Waals surface area contributed by atoms with Crippen LogP contribution in [0.1, 0.15) is 18.7 Å². The Bertz CT molecular complexity index is 1020. The van der Waals surface area contributed by atoms with Crippen LogP contribution in [-0.2, 0) is 36.3 Å². The minimum atomic E-state index is -5.81. The van der Waals surface area contributed by atoms with Gasteiger partial charge in [0.15, 0.2) is 6.23 Å². The molecular formula is C11H18FN2O13P3. The second kappa shape index (κ2) is 10.4. The average Bonchev–Trinajstić information content (AvgIpc) is 2.59. The smallest absolute Gasteiger partial charge is 0.349 e. The van der Waals surface area contributed by atoms with Crippen molar-refractivity contribution in [1.29, 1.82) is 0 Å². The summed E-state index contributed by atoms with van der Waals surface area (Å²) in [6.07, 6.45) is 0.0764. The molecule has 1 rings (SSSR count). The number of aromatic amines is 1. The molecular weight excluding hydrogens is 480 g/mol. The molecule has 0 amide bonds. The summed E-state index contributed by atoms with van der Waals surface area (Å²) >= 11 is 0. The van der Waals surface area contributed by atoms with Gasteiger partial charge in [-0.15, -0.1) is 0 Å². The number of phosphoric acid groups is 3. The first-order chi connectivity index (χ1) is 13.6. The van der Waals surface area contributed by atoms with E-state index in [0.717, 1.165) is 10.6 Å². The highest BCUT2D eigenvalue weighted by molar-refractivity contribution is 7.67. The van der Waals surface area contributed by atoms with Gasteiger partial charge in [-0.05, 0) is 24.4 Å². The number of H-pyrrole nitrogens is 1. The Hall–Kier alpha value is -1.28. The summed E-state index contributed by atoms with van der Waals surface area (Å²) in [7, 11) is -16.9. The molecule has 0 aliphatic carbocycles. The minimum absolute atomic E-state index is 0.175. The van der Waals surface area contributed by atoms with E-state index in [1.165, 1.54) is 20.0 Å². The van der Waals surface area contributed by atoms with Gasteiger partial charge in [0.05, 0.1) is 12.7 Å². The van der Waals surface area contributed by atoms with Gasteiger partial charge in [0.2, 0.25) is 0 Å². The van der Waals surface area contributed by atoms with E-state index < -0.39 is 53.7 Å². The molecule has 0 radical (unpaired) electrons. The van der Waals surface area contributed by atoms with Crippen LogP contribution in [0.2, 0.25) is 0 Å². The molecule has 1 aromatic rings. The minimum Gasteiger partial charge on any atom is -0.349 e. The van der Waals surface area contributed by atoms with Crippen LogP contribution in [0.5, 0.6) is 0 Å². The first-order valence-corrected chi connectivity index (χ1v) is 12.1. The molecule has 0 saturated heterocycles. The van der Waals surface area contributed by atoms with Crippen LogP contribution < -0.4 is 11.2 Å². The summed E-state index contributed by atoms with van der Waals surface area (Å²) < 4.78 is 66.5. The van der Waals surface area contributed by atoms with Crippen LogP contribution in [0.25, 0.3) is 0 Å². The van der Waals surface area contributed by atoms with Crippen LogP contribution in [0.15, 0.2) is 28.4 Å². The van der Waals surface area contributed by atoms with Crippen molar-refractivity contribution in [2.24, 2.45) is 0 Å². The zero-order chi connectivity index (χ0) is 23.3. The highest BCUT2D eigenvalue weighted by atomic mass is 31.3. The standard InChI is InChI=1S/C11H18FN2O13P3/c1-4-9(14-5-7(2)10(15)13-11(14)16)24-8(3)6-23-29(20,21)27-30(22,25-12)26-28(17,18)19/h4-5,8-9H,1,6H2,2-3H3,(H,20,21)(H,13,15,16)(H2,17,18,19). The van der Waals surface area contributed by atoms with Gasteiger partial charge in [0, 0.05) is 11.8 Å². The lowest BCUT2D eigenvalue weighted by atomic mass is 10.3. The number of aromatic nitrogens is 2. The maximum atomic E-state index is 12.3. The van der Waals surface area contributed by atoms with Gasteiger partial charge in [-0.25, -0.2) is 18.5 Å². The molecule has 4 atom stereocenters. The Kier molecular flexibility index (Phi) is 9.23. The average molecular weight is 498 g/mol. The predicted molar refractivity (Wildman–Crippen MR) is 95.6 cm³/mol. The number of hydrogen-bond acceptors (Lipinski definition) is 10. The van der Waals surface area contributed by atoms with Crippen LogP contribution in [0, 0.1) is 6.92 Å². The third kappa shape index (κ3) is 8.46. The topological polar surface area (TPSA) is 213 Å². The molecule has 172 valence electrons. The van der Waals surface area contributed by atoms with E-state index in [2.05, 4.69) is 24.5 Å². The lowest BCUT2D eigenvalue weighted by Gasteiger charge is -2.22. The van der Waals surface area contributed by atoms with E-state index >= 15 is 0 Å². The zero-order valence-electron chi connectivity index (χ0n) is 15.3. The summed E-state index contributed by atoms with van der Waals surface area (Å²) in [6, 6.07) is 0. The third-order valence-electron chi connectivity index (χ3n) is 2.96. The number of halogens is 1. The molecule has 19 heteroatoms. The summed E-state index contributed by atoms with van der Waals surface area (Å²) in [4.78, 5) is 51.7. The van der Waals surface area contributed by atoms with E-state index in [1.54, 1.807) is 0 Å². The second-order valence-corrected chi connectivity index (χ2v) is 10.0. The number of rotatable bonds is 12. The fourth-order valence-corrected chi connectivity index (χ4v) is 5.04. The maximum absolute atomic E-state index is 12.3. The first-order valence-electron chi connectivity index (χ1n) is 7.57. The predicted octanol–water partition coefficient (Wildman–Crippen LogP) is 1.19. The van der Waals surface area contributed by atoms with Gasteiger partial charge in [0.25, 0.3) is 5.56 Å². The van der Waals surface area contributed by atoms with Crippen LogP contribution in [0.3, 0.4) is 0 Å². The van der Waals surface area contributed by atoms with Gasteiger partial charge < -0.3 is 19.4 Å². The molecule has 30 heavy (non-hydrogen) atoms. The lowest BCUT2D eigenvalue weighted by Crippen LogP contribution is -2.35. The van der Waals surface area contributed by atoms with Crippen molar-refractivity contribution >= 4 is 23.5 Å². The molecule has 0 aliphatic rings.